The summed E-state index contributed by atoms with van der Waals surface area (Å²) >= 11 is 3.47. The first-order valence-corrected chi connectivity index (χ1v) is 9.78. The molecule has 3 aromatic carbocycles. The highest BCUT2D eigenvalue weighted by Gasteiger charge is 2.12. The minimum atomic E-state index is -0.314. The summed E-state index contributed by atoms with van der Waals surface area (Å²) in [6, 6.07) is 19.1. The fourth-order valence-corrected chi connectivity index (χ4v) is 3.27. The molecule has 0 N–H and O–H groups in total. The van der Waals surface area contributed by atoms with Gasteiger partial charge in [0.15, 0.2) is 11.5 Å². The molecule has 0 aliphatic carbocycles. The van der Waals surface area contributed by atoms with E-state index in [0.29, 0.717) is 27.1 Å². The van der Waals surface area contributed by atoms with E-state index in [0.717, 1.165) is 11.1 Å². The van der Waals surface area contributed by atoms with Gasteiger partial charge >= 0.3 is 0 Å². The number of nitrogens with zero attached hydrogens (tertiary/aromatic N) is 2. The van der Waals surface area contributed by atoms with Crippen LogP contribution in [0.25, 0.3) is 0 Å². The number of methoxy groups -OCH3 is 1. The van der Waals surface area contributed by atoms with E-state index in [1.54, 1.807) is 42.6 Å². The van der Waals surface area contributed by atoms with Crippen molar-refractivity contribution in [2.45, 2.75) is 13.2 Å². The van der Waals surface area contributed by atoms with Crippen molar-refractivity contribution in [2.75, 3.05) is 7.11 Å². The molecular weight excluding hydrogens is 451 g/mol. The summed E-state index contributed by atoms with van der Waals surface area (Å²) in [6.45, 7) is 0.384. The topological polar surface area (TPSA) is 63.8 Å². The first-order valence-electron chi connectivity index (χ1n) is 8.99. The highest BCUT2D eigenvalue weighted by atomic mass is 79.9. The van der Waals surface area contributed by atoms with E-state index >= 15 is 0 Å². The number of halogens is 2. The predicted molar refractivity (Wildman–Crippen MR) is 115 cm³/mol. The van der Waals surface area contributed by atoms with Crippen molar-refractivity contribution >= 4 is 22.1 Å². The van der Waals surface area contributed by atoms with Crippen molar-refractivity contribution in [3.05, 3.63) is 93.2 Å². The van der Waals surface area contributed by atoms with Crippen molar-refractivity contribution in [2.24, 2.45) is 5.16 Å². The van der Waals surface area contributed by atoms with Gasteiger partial charge in [-0.15, -0.1) is 0 Å². The van der Waals surface area contributed by atoms with E-state index in [2.05, 4.69) is 27.2 Å². The normalized spacial score (nSPS) is 10.6. The maximum atomic E-state index is 13.3. The molecule has 30 heavy (non-hydrogen) atoms. The molecule has 5 nitrogen and oxygen atoms in total. The quantitative estimate of drug-likeness (QED) is 0.318. The third-order valence-electron chi connectivity index (χ3n) is 4.16. The molecule has 0 saturated carbocycles. The van der Waals surface area contributed by atoms with Crippen LogP contribution in [0.3, 0.4) is 0 Å². The zero-order valence-electron chi connectivity index (χ0n) is 16.1. The summed E-state index contributed by atoms with van der Waals surface area (Å²) in [5, 5.41) is 13.1. The lowest BCUT2D eigenvalue weighted by atomic mass is 10.1. The molecule has 0 amide bonds. The standard InChI is InChI=1S/C23H18BrFN2O3/c1-28-22-11-17(13-27-30-15-19-7-3-2-6-18(19)12-26)10-21(24)23(22)29-14-16-5-4-8-20(25)9-16/h2-11,13H,14-15H2,1H3/b27-13-. The molecule has 0 aromatic heterocycles. The first-order chi connectivity index (χ1) is 14.6. The number of hydrogen-bond acceptors (Lipinski definition) is 5. The molecule has 7 heteroatoms. The van der Waals surface area contributed by atoms with Gasteiger partial charge in [0.1, 0.15) is 19.0 Å². The van der Waals surface area contributed by atoms with E-state index in [9.17, 15) is 4.39 Å². The number of benzene rings is 3. The molecule has 0 radical (unpaired) electrons. The molecule has 0 aliphatic rings. The van der Waals surface area contributed by atoms with Crippen LogP contribution in [-0.4, -0.2) is 13.3 Å². The number of oxime groups is 1. The molecule has 152 valence electrons. The van der Waals surface area contributed by atoms with Gasteiger partial charge in [0.25, 0.3) is 0 Å². The van der Waals surface area contributed by atoms with Crippen LogP contribution in [-0.2, 0) is 18.1 Å². The highest BCUT2D eigenvalue weighted by molar-refractivity contribution is 9.10. The van der Waals surface area contributed by atoms with Crippen molar-refractivity contribution in [3.8, 4) is 17.6 Å². The van der Waals surface area contributed by atoms with E-state index in [1.165, 1.54) is 19.2 Å². The molecule has 3 aromatic rings. The van der Waals surface area contributed by atoms with Crippen LogP contribution < -0.4 is 9.47 Å². The fraction of sp³-hybridized carbons (Fsp3) is 0.130. The smallest absolute Gasteiger partial charge is 0.175 e. The molecular formula is C23H18BrFN2O3. The lowest BCUT2D eigenvalue weighted by molar-refractivity contribution is 0.132. The average molecular weight is 469 g/mol. The van der Waals surface area contributed by atoms with Gasteiger partial charge in [-0.1, -0.05) is 35.5 Å². The summed E-state index contributed by atoms with van der Waals surface area (Å²) in [5.41, 5.74) is 2.75. The SMILES string of the molecule is COc1cc(/C=N\OCc2ccccc2C#N)cc(Br)c1OCc1cccc(F)c1. The van der Waals surface area contributed by atoms with Crippen LogP contribution in [0.4, 0.5) is 4.39 Å². The highest BCUT2D eigenvalue weighted by Crippen LogP contribution is 2.36. The zero-order valence-corrected chi connectivity index (χ0v) is 17.7. The lowest BCUT2D eigenvalue weighted by Crippen LogP contribution is -2.00. The Morgan fingerprint density at radius 1 is 1.10 bits per heavy atom. The van der Waals surface area contributed by atoms with Crippen LogP contribution in [0.2, 0.25) is 0 Å². The molecule has 0 heterocycles. The van der Waals surface area contributed by atoms with Gasteiger partial charge in [0.05, 0.1) is 29.4 Å². The summed E-state index contributed by atoms with van der Waals surface area (Å²) < 4.78 is 25.2. The summed E-state index contributed by atoms with van der Waals surface area (Å²) in [6.07, 6.45) is 1.54. The van der Waals surface area contributed by atoms with E-state index < -0.39 is 0 Å². The van der Waals surface area contributed by atoms with Crippen LogP contribution in [0.1, 0.15) is 22.3 Å². The Labute approximate surface area is 182 Å². The van der Waals surface area contributed by atoms with E-state index in [4.69, 9.17) is 19.6 Å². The van der Waals surface area contributed by atoms with Crippen molar-refractivity contribution in [3.63, 3.8) is 0 Å². The Bertz CT molecular complexity index is 1100. The van der Waals surface area contributed by atoms with Crippen LogP contribution in [0.5, 0.6) is 11.5 Å². The van der Waals surface area contributed by atoms with Crippen LogP contribution in [0.15, 0.2) is 70.3 Å². The number of hydrogen-bond donors (Lipinski definition) is 0. The summed E-state index contributed by atoms with van der Waals surface area (Å²) in [7, 11) is 1.53. The minimum Gasteiger partial charge on any atom is -0.493 e. The Hall–Kier alpha value is -3.37. The van der Waals surface area contributed by atoms with Gasteiger partial charge in [-0.25, -0.2) is 4.39 Å². The van der Waals surface area contributed by atoms with Gasteiger partial charge in [-0.05, 0) is 51.8 Å². The summed E-state index contributed by atoms with van der Waals surface area (Å²) in [5.74, 6) is 0.686. The first kappa shape index (κ1) is 21.3. The maximum absolute atomic E-state index is 13.3. The van der Waals surface area contributed by atoms with E-state index in [1.807, 2.05) is 12.1 Å². The number of rotatable bonds is 8. The zero-order chi connectivity index (χ0) is 21.3. The molecule has 3 rings (SSSR count). The second kappa shape index (κ2) is 10.4. The third-order valence-corrected chi connectivity index (χ3v) is 4.75. The van der Waals surface area contributed by atoms with Gasteiger partial charge in [-0.2, -0.15) is 5.26 Å². The predicted octanol–water partition coefficient (Wildman–Crippen LogP) is 5.60. The molecule has 0 fully saturated rings. The molecule has 0 aliphatic heterocycles. The number of ether oxygens (including phenoxy) is 2. The molecule has 0 spiro atoms. The van der Waals surface area contributed by atoms with Crippen LogP contribution >= 0.6 is 15.9 Å². The van der Waals surface area contributed by atoms with Gasteiger partial charge < -0.3 is 14.3 Å². The van der Waals surface area contributed by atoms with Gasteiger partial charge in [-0.3, -0.25) is 0 Å². The summed E-state index contributed by atoms with van der Waals surface area (Å²) in [4.78, 5) is 5.32. The Morgan fingerprint density at radius 2 is 1.93 bits per heavy atom. The van der Waals surface area contributed by atoms with Crippen molar-refractivity contribution in [1.29, 1.82) is 5.26 Å². The fourth-order valence-electron chi connectivity index (χ4n) is 2.70. The van der Waals surface area contributed by atoms with Crippen molar-refractivity contribution < 1.29 is 18.7 Å². The second-order valence-electron chi connectivity index (χ2n) is 6.23. The molecule has 0 bridgehead atoms. The van der Waals surface area contributed by atoms with E-state index in [-0.39, 0.29) is 19.0 Å². The van der Waals surface area contributed by atoms with Crippen molar-refractivity contribution in [1.82, 2.24) is 0 Å². The van der Waals surface area contributed by atoms with Gasteiger partial charge in [0.2, 0.25) is 0 Å². The molecule has 0 atom stereocenters. The lowest BCUT2D eigenvalue weighted by Gasteiger charge is -2.13. The second-order valence-corrected chi connectivity index (χ2v) is 7.08. The number of nitriles is 1. The Morgan fingerprint density at radius 3 is 2.70 bits per heavy atom. The van der Waals surface area contributed by atoms with Crippen LogP contribution in [0, 0.1) is 17.1 Å². The Balaban J connectivity index is 1.67. The molecule has 0 unspecified atom stereocenters. The minimum absolute atomic E-state index is 0.188. The largest absolute Gasteiger partial charge is 0.493 e. The third kappa shape index (κ3) is 5.58. The maximum Gasteiger partial charge on any atom is 0.175 e. The molecule has 0 saturated heterocycles. The monoisotopic (exact) mass is 468 g/mol. The average Bonchev–Trinajstić information content (AvgIpc) is 2.76. The Kier molecular flexibility index (Phi) is 7.41. The van der Waals surface area contributed by atoms with Gasteiger partial charge in [0, 0.05) is 11.1 Å².